The van der Waals surface area contributed by atoms with Crippen LogP contribution in [0.15, 0.2) is 48.0 Å². The molecule has 6 aliphatic rings. The van der Waals surface area contributed by atoms with E-state index in [9.17, 15) is 14.4 Å². The Balaban J connectivity index is 1.27. The van der Waals surface area contributed by atoms with Crippen molar-refractivity contribution in [2.75, 3.05) is 41.5 Å². The monoisotopic (exact) mass is 718 g/mol. The first-order valence-electron chi connectivity index (χ1n) is 19.3. The van der Waals surface area contributed by atoms with E-state index in [1.807, 2.05) is 4.90 Å². The van der Waals surface area contributed by atoms with Gasteiger partial charge in [0.1, 0.15) is 11.2 Å². The van der Waals surface area contributed by atoms with Gasteiger partial charge in [0, 0.05) is 69.7 Å². The predicted molar refractivity (Wildman–Crippen MR) is 202 cm³/mol. The molecule has 1 amide bonds. The van der Waals surface area contributed by atoms with Crippen molar-refractivity contribution in [1.82, 2.24) is 19.8 Å². The normalized spacial score (nSPS) is 31.5. The Labute approximate surface area is 310 Å². The van der Waals surface area contributed by atoms with Crippen molar-refractivity contribution in [2.24, 2.45) is 23.7 Å². The summed E-state index contributed by atoms with van der Waals surface area (Å²) in [7, 11) is 6.83. The molecule has 8 atom stereocenters. The summed E-state index contributed by atoms with van der Waals surface area (Å²) in [6, 6.07) is 12.6. The van der Waals surface area contributed by atoms with Crippen molar-refractivity contribution in [2.45, 2.75) is 75.8 Å². The lowest BCUT2D eigenvalue weighted by atomic mass is 9.56. The maximum Gasteiger partial charge on any atom is 0.319 e. The van der Waals surface area contributed by atoms with E-state index in [1.54, 1.807) is 7.11 Å². The second-order valence-corrected chi connectivity index (χ2v) is 16.2. The molecule has 10 nitrogen and oxygen atoms in total. The summed E-state index contributed by atoms with van der Waals surface area (Å²) in [4.78, 5) is 53.7. The number of benzene rings is 2. The van der Waals surface area contributed by atoms with Gasteiger partial charge in [-0.1, -0.05) is 43.2 Å². The smallest absolute Gasteiger partial charge is 0.319 e. The fourth-order valence-corrected chi connectivity index (χ4v) is 11.8. The number of nitrogens with zero attached hydrogens (tertiary/aromatic N) is 2. The van der Waals surface area contributed by atoms with Gasteiger partial charge in [-0.05, 0) is 87.2 Å². The number of fused-ring (bicyclic) bond motifs is 9. The van der Waals surface area contributed by atoms with Crippen LogP contribution >= 0.6 is 0 Å². The topological polar surface area (TPSA) is 117 Å². The number of amides is 1. The van der Waals surface area contributed by atoms with E-state index >= 15 is 0 Å². The minimum Gasteiger partial charge on any atom is -0.496 e. The number of methoxy groups -OCH3 is 3. The Morgan fingerprint density at radius 3 is 2.57 bits per heavy atom. The fraction of sp³-hybridized carbons (Fsp3) is 0.512. The van der Waals surface area contributed by atoms with Crippen LogP contribution in [0.5, 0.6) is 5.75 Å². The molecular weight excluding hydrogens is 668 g/mol. The molecule has 53 heavy (non-hydrogen) atoms. The molecule has 0 spiro atoms. The summed E-state index contributed by atoms with van der Waals surface area (Å²) < 4.78 is 17.5. The number of para-hydroxylation sites is 1. The SMILES string of the molecule is C/C=C1/CN(C)[C@H]2Cc3c([nH]c4ccccc34)[C@H](c3cc4[nH]c5c(c4cc3OC)CCN3C(=O)[C@@H]4C[C@H](CC)[C@H]3[C@@]5(C(=O)OC)C4)C[C@@H]1[C@@H]2C(=O)OC. The summed E-state index contributed by atoms with van der Waals surface area (Å²) in [5.74, 6) is 0.0169. The summed E-state index contributed by atoms with van der Waals surface area (Å²) in [5.41, 5.74) is 7.66. The van der Waals surface area contributed by atoms with Crippen LogP contribution in [0.25, 0.3) is 21.8 Å². The number of piperidine rings is 3. The number of ether oxygens (including phenoxy) is 3. The summed E-state index contributed by atoms with van der Waals surface area (Å²) in [6.45, 7) is 5.60. The number of carbonyl (C=O) groups excluding carboxylic acids is 3. The Hall–Kier alpha value is -4.57. The van der Waals surface area contributed by atoms with E-state index in [2.05, 4.69) is 78.2 Å². The summed E-state index contributed by atoms with van der Waals surface area (Å²) in [6.07, 6.45) is 6.39. The molecule has 2 aromatic heterocycles. The van der Waals surface area contributed by atoms with Crippen molar-refractivity contribution < 1.29 is 28.6 Å². The maximum atomic E-state index is 14.2. The number of H-pyrrole nitrogens is 2. The van der Waals surface area contributed by atoms with Crippen LogP contribution < -0.4 is 4.74 Å². The van der Waals surface area contributed by atoms with Gasteiger partial charge in [0.2, 0.25) is 5.91 Å². The Morgan fingerprint density at radius 2 is 1.83 bits per heavy atom. The molecule has 0 radical (unpaired) electrons. The molecule has 4 fully saturated rings. The van der Waals surface area contributed by atoms with Crippen molar-refractivity contribution >= 4 is 39.7 Å². The van der Waals surface area contributed by atoms with E-state index < -0.39 is 5.41 Å². The first kappa shape index (κ1) is 34.2. The van der Waals surface area contributed by atoms with Crippen molar-refractivity contribution in [3.63, 3.8) is 0 Å². The third-order valence-electron chi connectivity index (χ3n) is 14.1. The van der Waals surface area contributed by atoms with Crippen LogP contribution in [-0.4, -0.2) is 91.2 Å². The molecule has 4 aromatic rings. The van der Waals surface area contributed by atoms with Gasteiger partial charge < -0.3 is 29.1 Å². The molecule has 6 bridgehead atoms. The van der Waals surface area contributed by atoms with Gasteiger partial charge in [0.15, 0.2) is 0 Å². The standard InChI is InChI=1S/C43H50N4O6/c1-7-22-15-24-20-43(42(50)53-6)38-26(13-14-47(39(22)43)40(24)48)28-19-35(51-4)29(17-33(28)45-38)30-16-27-23(8-2)21-46(3)34(36(27)41(49)52-5)18-31-25-11-9-10-12-32(25)44-37(30)31/h8-12,17,19,22,24,27,30,34,36,39,44-45H,7,13-16,18,20-21H2,1-6H3/b23-8-/t22-,24+,27-,30-,34-,36-,39-,43+/m0/s1. The van der Waals surface area contributed by atoms with Gasteiger partial charge in [0.25, 0.3) is 0 Å². The average molecular weight is 719 g/mol. The van der Waals surface area contributed by atoms with Gasteiger partial charge >= 0.3 is 11.9 Å². The summed E-state index contributed by atoms with van der Waals surface area (Å²) >= 11 is 0. The molecule has 6 heterocycles. The molecule has 10 rings (SSSR count). The second-order valence-electron chi connectivity index (χ2n) is 16.2. The van der Waals surface area contributed by atoms with E-state index in [-0.39, 0.29) is 59.5 Å². The number of allylic oxidation sites excluding steroid dienone is 1. The number of carbonyl (C=O) groups is 3. The lowest BCUT2D eigenvalue weighted by Crippen LogP contribution is -2.69. The molecule has 1 saturated carbocycles. The maximum absolute atomic E-state index is 14.2. The predicted octanol–water partition coefficient (Wildman–Crippen LogP) is 6.02. The molecule has 0 unspecified atom stereocenters. The Morgan fingerprint density at radius 1 is 1.02 bits per heavy atom. The van der Waals surface area contributed by atoms with Gasteiger partial charge in [0.05, 0.1) is 33.3 Å². The number of esters is 2. The van der Waals surface area contributed by atoms with Crippen LogP contribution in [-0.2, 0) is 42.1 Å². The van der Waals surface area contributed by atoms with E-state index in [1.165, 1.54) is 30.7 Å². The highest BCUT2D eigenvalue weighted by Crippen LogP contribution is 2.57. The number of likely N-dealkylation sites (tertiary alicyclic amines) is 1. The molecule has 3 saturated heterocycles. The lowest BCUT2D eigenvalue weighted by molar-refractivity contribution is -0.172. The quantitative estimate of drug-likeness (QED) is 0.192. The highest BCUT2D eigenvalue weighted by atomic mass is 16.5. The first-order chi connectivity index (χ1) is 25.7. The second kappa shape index (κ2) is 12.5. The fourth-order valence-electron chi connectivity index (χ4n) is 11.8. The zero-order valence-electron chi connectivity index (χ0n) is 31.6. The number of aromatic nitrogens is 2. The minimum absolute atomic E-state index is 0.0165. The van der Waals surface area contributed by atoms with Crippen molar-refractivity contribution in [1.29, 1.82) is 0 Å². The van der Waals surface area contributed by atoms with Crippen LogP contribution in [0.2, 0.25) is 0 Å². The van der Waals surface area contributed by atoms with Crippen molar-refractivity contribution in [3.05, 3.63) is 76.1 Å². The molecule has 2 aromatic carbocycles. The molecular formula is C43H50N4O6. The van der Waals surface area contributed by atoms with Crippen LogP contribution in [0.1, 0.15) is 73.5 Å². The van der Waals surface area contributed by atoms with Gasteiger partial charge in [-0.2, -0.15) is 0 Å². The van der Waals surface area contributed by atoms with Crippen LogP contribution in [0, 0.1) is 23.7 Å². The number of rotatable bonds is 5. The highest BCUT2D eigenvalue weighted by Gasteiger charge is 2.65. The molecule has 278 valence electrons. The van der Waals surface area contributed by atoms with E-state index in [0.717, 1.165) is 64.1 Å². The first-order valence-corrected chi connectivity index (χ1v) is 19.3. The molecule has 4 aliphatic heterocycles. The number of nitrogens with one attached hydrogen (secondary N) is 2. The third kappa shape index (κ3) is 4.69. The largest absolute Gasteiger partial charge is 0.496 e. The zero-order valence-corrected chi connectivity index (χ0v) is 31.6. The summed E-state index contributed by atoms with van der Waals surface area (Å²) in [5, 5.41) is 2.18. The van der Waals surface area contributed by atoms with Crippen LogP contribution in [0.3, 0.4) is 0 Å². The van der Waals surface area contributed by atoms with Crippen molar-refractivity contribution in [3.8, 4) is 5.75 Å². The lowest BCUT2D eigenvalue weighted by Gasteiger charge is -2.57. The third-order valence-corrected chi connectivity index (χ3v) is 14.1. The van der Waals surface area contributed by atoms with Gasteiger partial charge in [-0.25, -0.2) is 0 Å². The molecule has 10 heteroatoms. The highest BCUT2D eigenvalue weighted by molar-refractivity contribution is 5.96. The zero-order chi connectivity index (χ0) is 36.9. The molecule has 2 N–H and O–H groups in total. The van der Waals surface area contributed by atoms with Gasteiger partial charge in [-0.3, -0.25) is 19.3 Å². The van der Waals surface area contributed by atoms with Gasteiger partial charge in [-0.15, -0.1) is 0 Å². The Bertz CT molecular complexity index is 2200. The van der Waals surface area contributed by atoms with E-state index in [4.69, 9.17) is 14.2 Å². The minimum atomic E-state index is -0.965. The number of hydrogen-bond acceptors (Lipinski definition) is 7. The molecule has 2 aliphatic carbocycles. The average Bonchev–Trinajstić information content (AvgIpc) is 3.69. The Kier molecular flexibility index (Phi) is 8.07. The number of hydrogen-bond donors (Lipinski definition) is 2. The van der Waals surface area contributed by atoms with E-state index in [0.29, 0.717) is 32.2 Å². The van der Waals surface area contributed by atoms with Crippen LogP contribution in [0.4, 0.5) is 0 Å². The number of likely N-dealkylation sites (N-methyl/N-ethyl adjacent to an activating group) is 1. The number of aromatic amines is 2.